The molecule has 1 aliphatic heterocycles. The quantitative estimate of drug-likeness (QED) is 0.645. The number of hydrogen-bond acceptors (Lipinski definition) is 5. The number of hydrogen-bond donors (Lipinski definition) is 2. The van der Waals surface area contributed by atoms with Gasteiger partial charge in [-0.15, -0.1) is 0 Å². The average Bonchev–Trinajstić information content (AvgIpc) is 2.48. The Kier molecular flexibility index (Phi) is 4.49. The van der Waals surface area contributed by atoms with E-state index < -0.39 is 22.9 Å². The molecule has 2 N–H and O–H groups in total. The minimum Gasteiger partial charge on any atom is -0.478 e. The highest BCUT2D eigenvalue weighted by atomic mass is 16.6. The van der Waals surface area contributed by atoms with Crippen molar-refractivity contribution in [3.63, 3.8) is 0 Å². The van der Waals surface area contributed by atoms with Crippen LogP contribution in [-0.2, 0) is 9.53 Å². The van der Waals surface area contributed by atoms with Gasteiger partial charge in [0.2, 0.25) is 0 Å². The maximum atomic E-state index is 12.0. The van der Waals surface area contributed by atoms with Gasteiger partial charge in [0.05, 0.1) is 16.2 Å². The van der Waals surface area contributed by atoms with Crippen molar-refractivity contribution in [2.45, 2.75) is 25.4 Å². The molecule has 0 radical (unpaired) electrons. The summed E-state index contributed by atoms with van der Waals surface area (Å²) in [5.74, 6) is -1.79. The molecular weight excluding hydrogens is 280 g/mol. The Balaban J connectivity index is 2.20. The van der Waals surface area contributed by atoms with Gasteiger partial charge in [0.15, 0.2) is 0 Å². The molecule has 1 fully saturated rings. The van der Waals surface area contributed by atoms with Crippen LogP contribution in [0.25, 0.3) is 0 Å². The Hall–Kier alpha value is -2.48. The summed E-state index contributed by atoms with van der Waals surface area (Å²) in [7, 11) is 0. The molecule has 8 heteroatoms. The van der Waals surface area contributed by atoms with Crippen LogP contribution in [0, 0.1) is 10.1 Å². The third-order valence-electron chi connectivity index (χ3n) is 3.17. The standard InChI is InChI=1S/C13H14N2O6/c16-12(11-3-1-2-6-21-11)14-10-5-4-8(15(19)20)7-9(10)13(17)18/h4-5,7,11H,1-3,6H2,(H,14,16)(H,17,18). The fourth-order valence-corrected chi connectivity index (χ4v) is 2.09. The van der Waals surface area contributed by atoms with Gasteiger partial charge >= 0.3 is 5.97 Å². The zero-order valence-corrected chi connectivity index (χ0v) is 11.1. The van der Waals surface area contributed by atoms with E-state index in [9.17, 15) is 19.7 Å². The van der Waals surface area contributed by atoms with Crippen LogP contribution in [0.1, 0.15) is 29.6 Å². The first-order valence-electron chi connectivity index (χ1n) is 6.43. The van der Waals surface area contributed by atoms with Gasteiger partial charge in [0, 0.05) is 18.7 Å². The molecule has 1 unspecified atom stereocenters. The summed E-state index contributed by atoms with van der Waals surface area (Å²) in [5.41, 5.74) is -0.653. The number of nitro benzene ring substituents is 1. The lowest BCUT2D eigenvalue weighted by Crippen LogP contribution is -2.33. The van der Waals surface area contributed by atoms with Crippen molar-refractivity contribution in [1.29, 1.82) is 0 Å². The second kappa shape index (κ2) is 6.31. The molecule has 0 bridgehead atoms. The SMILES string of the molecule is O=C(O)c1cc([N+](=O)[O-])ccc1NC(=O)C1CCCCO1. The van der Waals surface area contributed by atoms with Gasteiger partial charge in [0.1, 0.15) is 6.10 Å². The maximum absolute atomic E-state index is 12.0. The van der Waals surface area contributed by atoms with E-state index >= 15 is 0 Å². The van der Waals surface area contributed by atoms with Gasteiger partial charge < -0.3 is 15.2 Å². The molecule has 0 saturated carbocycles. The summed E-state index contributed by atoms with van der Waals surface area (Å²) in [4.78, 5) is 33.1. The number of non-ortho nitro benzene ring substituents is 1. The van der Waals surface area contributed by atoms with E-state index in [2.05, 4.69) is 5.32 Å². The highest BCUT2D eigenvalue weighted by Gasteiger charge is 2.24. The highest BCUT2D eigenvalue weighted by Crippen LogP contribution is 2.23. The molecule has 1 saturated heterocycles. The number of aromatic carboxylic acids is 1. The number of nitrogens with zero attached hydrogens (tertiary/aromatic N) is 1. The van der Waals surface area contributed by atoms with Crippen LogP contribution >= 0.6 is 0 Å². The number of ether oxygens (including phenoxy) is 1. The van der Waals surface area contributed by atoms with Crippen molar-refractivity contribution >= 4 is 23.3 Å². The van der Waals surface area contributed by atoms with Crippen LogP contribution in [0.15, 0.2) is 18.2 Å². The van der Waals surface area contributed by atoms with Crippen LogP contribution in [0.5, 0.6) is 0 Å². The first kappa shape index (κ1) is 14.9. The van der Waals surface area contributed by atoms with Gasteiger partial charge in [-0.1, -0.05) is 0 Å². The molecule has 21 heavy (non-hydrogen) atoms. The van der Waals surface area contributed by atoms with Crippen molar-refractivity contribution in [3.05, 3.63) is 33.9 Å². The Labute approximate surface area is 119 Å². The van der Waals surface area contributed by atoms with E-state index in [4.69, 9.17) is 9.84 Å². The average molecular weight is 294 g/mol. The number of anilines is 1. The molecule has 1 atom stereocenters. The topological polar surface area (TPSA) is 119 Å². The van der Waals surface area contributed by atoms with E-state index in [0.717, 1.165) is 25.0 Å². The molecule has 1 aromatic carbocycles. The molecule has 1 amide bonds. The van der Waals surface area contributed by atoms with Crippen molar-refractivity contribution in [1.82, 2.24) is 0 Å². The van der Waals surface area contributed by atoms with Gasteiger partial charge in [-0.2, -0.15) is 0 Å². The second-order valence-corrected chi connectivity index (χ2v) is 4.64. The minimum absolute atomic E-state index is 0.0206. The number of carboxylic acids is 1. The lowest BCUT2D eigenvalue weighted by molar-refractivity contribution is -0.384. The maximum Gasteiger partial charge on any atom is 0.338 e. The second-order valence-electron chi connectivity index (χ2n) is 4.64. The lowest BCUT2D eigenvalue weighted by atomic mass is 10.1. The molecule has 8 nitrogen and oxygen atoms in total. The number of nitrogens with one attached hydrogen (secondary N) is 1. The summed E-state index contributed by atoms with van der Waals surface area (Å²) in [6.45, 7) is 0.490. The fourth-order valence-electron chi connectivity index (χ4n) is 2.09. The molecule has 1 aliphatic rings. The highest BCUT2D eigenvalue weighted by molar-refractivity contribution is 6.02. The molecule has 2 rings (SSSR count). The van der Waals surface area contributed by atoms with Crippen LogP contribution in [0.3, 0.4) is 0 Å². The Morgan fingerprint density at radius 1 is 1.38 bits per heavy atom. The van der Waals surface area contributed by atoms with Crippen molar-refractivity contribution in [3.8, 4) is 0 Å². The van der Waals surface area contributed by atoms with Gasteiger partial charge in [-0.25, -0.2) is 4.79 Å². The molecular formula is C13H14N2O6. The predicted octanol–water partition coefficient (Wildman–Crippen LogP) is 1.80. The third-order valence-corrected chi connectivity index (χ3v) is 3.17. The number of carbonyl (C=O) groups excluding carboxylic acids is 1. The van der Waals surface area contributed by atoms with Crippen LogP contribution in [-0.4, -0.2) is 34.6 Å². The molecule has 0 aromatic heterocycles. The number of rotatable bonds is 4. The number of amides is 1. The molecule has 1 heterocycles. The normalized spacial score (nSPS) is 18.0. The van der Waals surface area contributed by atoms with Crippen LogP contribution < -0.4 is 5.32 Å². The Bertz CT molecular complexity index is 580. The first-order valence-corrected chi connectivity index (χ1v) is 6.43. The summed E-state index contributed by atoms with van der Waals surface area (Å²) in [6, 6.07) is 3.27. The molecule has 0 aliphatic carbocycles. The number of benzene rings is 1. The van der Waals surface area contributed by atoms with Crippen molar-refractivity contribution in [2.24, 2.45) is 0 Å². The van der Waals surface area contributed by atoms with E-state index in [1.807, 2.05) is 0 Å². The van der Waals surface area contributed by atoms with Crippen LogP contribution in [0.4, 0.5) is 11.4 Å². The Morgan fingerprint density at radius 3 is 2.71 bits per heavy atom. The molecule has 0 spiro atoms. The van der Waals surface area contributed by atoms with Gasteiger partial charge in [-0.3, -0.25) is 14.9 Å². The molecule has 112 valence electrons. The number of carboxylic acid groups (broad SMARTS) is 1. The van der Waals surface area contributed by atoms with Gasteiger partial charge in [0.25, 0.3) is 11.6 Å². The lowest BCUT2D eigenvalue weighted by Gasteiger charge is -2.22. The number of nitro groups is 1. The van der Waals surface area contributed by atoms with E-state index in [-0.39, 0.29) is 16.9 Å². The van der Waals surface area contributed by atoms with E-state index in [1.165, 1.54) is 6.07 Å². The van der Waals surface area contributed by atoms with E-state index in [0.29, 0.717) is 13.0 Å². The monoisotopic (exact) mass is 294 g/mol. The summed E-state index contributed by atoms with van der Waals surface area (Å²) in [5, 5.41) is 22.2. The van der Waals surface area contributed by atoms with E-state index in [1.54, 1.807) is 0 Å². The fraction of sp³-hybridized carbons (Fsp3) is 0.385. The Morgan fingerprint density at radius 2 is 2.14 bits per heavy atom. The van der Waals surface area contributed by atoms with Crippen LogP contribution in [0.2, 0.25) is 0 Å². The molecule has 1 aromatic rings. The van der Waals surface area contributed by atoms with Crippen molar-refractivity contribution < 1.29 is 24.4 Å². The predicted molar refractivity (Wildman–Crippen MR) is 72.3 cm³/mol. The summed E-state index contributed by atoms with van der Waals surface area (Å²) >= 11 is 0. The van der Waals surface area contributed by atoms with Crippen molar-refractivity contribution in [2.75, 3.05) is 11.9 Å². The first-order chi connectivity index (χ1) is 9.99. The zero-order chi connectivity index (χ0) is 15.4. The minimum atomic E-state index is -1.35. The summed E-state index contributed by atoms with van der Waals surface area (Å²) < 4.78 is 5.31. The smallest absolute Gasteiger partial charge is 0.338 e. The summed E-state index contributed by atoms with van der Waals surface area (Å²) in [6.07, 6.45) is 1.71. The number of carbonyl (C=O) groups is 2. The third kappa shape index (κ3) is 3.54. The van der Waals surface area contributed by atoms with Gasteiger partial charge in [-0.05, 0) is 25.3 Å². The zero-order valence-electron chi connectivity index (χ0n) is 11.1. The largest absolute Gasteiger partial charge is 0.478 e.